The van der Waals surface area contributed by atoms with Crippen LogP contribution in [-0.4, -0.2) is 47.0 Å². The van der Waals surface area contributed by atoms with Crippen LogP contribution in [-0.2, 0) is 4.79 Å². The highest BCUT2D eigenvalue weighted by Gasteiger charge is 2.22. The molecule has 1 saturated heterocycles. The molecule has 92 valence electrons. The zero-order valence-electron chi connectivity index (χ0n) is 9.36. The van der Waals surface area contributed by atoms with E-state index in [1.165, 1.54) is 6.92 Å². The van der Waals surface area contributed by atoms with Crippen LogP contribution in [0.5, 0.6) is 0 Å². The monoisotopic (exact) mass is 258 g/mol. The van der Waals surface area contributed by atoms with Gasteiger partial charge in [-0.05, 0) is 11.6 Å². The zero-order valence-corrected chi connectivity index (χ0v) is 10.1. The van der Waals surface area contributed by atoms with Crippen molar-refractivity contribution in [1.29, 1.82) is 0 Å². The number of hydrogen-bond donors (Lipinski definition) is 0. The van der Waals surface area contributed by atoms with Gasteiger partial charge in [0.15, 0.2) is 11.6 Å². The number of piperazine rings is 1. The van der Waals surface area contributed by atoms with Gasteiger partial charge in [-0.2, -0.15) is 4.98 Å². The number of carbonyl (C=O) groups is 1. The molecule has 1 aliphatic rings. The van der Waals surface area contributed by atoms with Gasteiger partial charge in [-0.1, -0.05) is 0 Å². The highest BCUT2D eigenvalue weighted by Crippen LogP contribution is 2.18. The molecule has 0 atom stereocenters. The lowest BCUT2D eigenvalue weighted by atomic mass is 10.3. The molecule has 1 amide bonds. The van der Waals surface area contributed by atoms with E-state index in [0.717, 1.165) is 6.20 Å². The Morgan fingerprint density at radius 1 is 1.41 bits per heavy atom. The first-order chi connectivity index (χ1) is 8.08. The Hall–Kier alpha value is -1.43. The Kier molecular flexibility index (Phi) is 3.42. The maximum atomic E-state index is 13.5. The summed E-state index contributed by atoms with van der Waals surface area (Å²) in [5.74, 6) is -0.260. The molecule has 2 rings (SSSR count). The van der Waals surface area contributed by atoms with Gasteiger partial charge < -0.3 is 9.80 Å². The fourth-order valence-corrected chi connectivity index (χ4v) is 1.92. The highest BCUT2D eigenvalue weighted by molar-refractivity contribution is 6.28. The second-order valence-electron chi connectivity index (χ2n) is 3.80. The van der Waals surface area contributed by atoms with Crippen LogP contribution in [0.3, 0.4) is 0 Å². The van der Waals surface area contributed by atoms with Crippen molar-refractivity contribution in [3.8, 4) is 0 Å². The largest absolute Gasteiger partial charge is 0.350 e. The summed E-state index contributed by atoms with van der Waals surface area (Å²) >= 11 is 5.64. The first-order valence-corrected chi connectivity index (χ1v) is 5.64. The SMILES string of the molecule is CC(=O)N1CCN(c2nc(Cl)ncc2F)CC1. The Balaban J connectivity index is 2.10. The van der Waals surface area contributed by atoms with E-state index in [-0.39, 0.29) is 17.0 Å². The summed E-state index contributed by atoms with van der Waals surface area (Å²) in [7, 11) is 0. The van der Waals surface area contributed by atoms with Crippen LogP contribution < -0.4 is 4.90 Å². The standard InChI is InChI=1S/C10H12ClFN4O/c1-7(17)15-2-4-16(5-3-15)9-8(12)6-13-10(11)14-9/h6H,2-5H2,1H3. The molecule has 0 spiro atoms. The third-order valence-corrected chi connectivity index (χ3v) is 2.90. The number of hydrogen-bond acceptors (Lipinski definition) is 4. The molecule has 1 aromatic heterocycles. The first-order valence-electron chi connectivity index (χ1n) is 5.26. The lowest BCUT2D eigenvalue weighted by Crippen LogP contribution is -2.48. The van der Waals surface area contributed by atoms with Crippen LogP contribution in [0, 0.1) is 5.82 Å². The molecule has 7 heteroatoms. The van der Waals surface area contributed by atoms with Gasteiger partial charge >= 0.3 is 0 Å². The molecule has 0 saturated carbocycles. The molecule has 0 unspecified atom stereocenters. The molecule has 17 heavy (non-hydrogen) atoms. The molecular formula is C10H12ClFN4O. The lowest BCUT2D eigenvalue weighted by Gasteiger charge is -2.34. The van der Waals surface area contributed by atoms with Crippen molar-refractivity contribution in [1.82, 2.24) is 14.9 Å². The van der Waals surface area contributed by atoms with Crippen LogP contribution in [0.4, 0.5) is 10.2 Å². The Morgan fingerprint density at radius 3 is 2.65 bits per heavy atom. The fraction of sp³-hybridized carbons (Fsp3) is 0.500. The minimum absolute atomic E-state index is 0.0235. The van der Waals surface area contributed by atoms with Gasteiger partial charge in [0, 0.05) is 33.1 Å². The molecule has 5 nitrogen and oxygen atoms in total. The van der Waals surface area contributed by atoms with Gasteiger partial charge in [0.25, 0.3) is 0 Å². The molecule has 1 fully saturated rings. The maximum absolute atomic E-state index is 13.5. The second kappa shape index (κ2) is 4.83. The summed E-state index contributed by atoms with van der Waals surface area (Å²) in [6.45, 7) is 3.75. The third kappa shape index (κ3) is 2.63. The van der Waals surface area contributed by atoms with Crippen molar-refractivity contribution in [2.75, 3.05) is 31.1 Å². The molecule has 1 aromatic rings. The Labute approximate surface area is 103 Å². The van der Waals surface area contributed by atoms with Crippen molar-refractivity contribution in [2.45, 2.75) is 6.92 Å². The smallest absolute Gasteiger partial charge is 0.224 e. The van der Waals surface area contributed by atoms with E-state index in [0.29, 0.717) is 26.2 Å². The van der Waals surface area contributed by atoms with E-state index in [9.17, 15) is 9.18 Å². The summed E-state index contributed by atoms with van der Waals surface area (Å²) in [5.41, 5.74) is 0. The third-order valence-electron chi connectivity index (χ3n) is 2.72. The first kappa shape index (κ1) is 12.0. The van der Waals surface area contributed by atoms with E-state index >= 15 is 0 Å². The van der Waals surface area contributed by atoms with Crippen molar-refractivity contribution in [3.05, 3.63) is 17.3 Å². The molecule has 0 radical (unpaired) electrons. The average molecular weight is 259 g/mol. The van der Waals surface area contributed by atoms with Gasteiger partial charge in [0.1, 0.15) is 0 Å². The van der Waals surface area contributed by atoms with Crippen LogP contribution in [0.2, 0.25) is 5.28 Å². The minimum atomic E-state index is -0.495. The molecule has 2 heterocycles. The maximum Gasteiger partial charge on any atom is 0.224 e. The Morgan fingerprint density at radius 2 is 2.06 bits per heavy atom. The topological polar surface area (TPSA) is 49.3 Å². The van der Waals surface area contributed by atoms with E-state index in [1.54, 1.807) is 9.80 Å². The van der Waals surface area contributed by atoms with Gasteiger partial charge in [0.2, 0.25) is 11.2 Å². The number of rotatable bonds is 1. The number of halogens is 2. The normalized spacial score (nSPS) is 16.2. The molecule has 0 aromatic carbocycles. The quantitative estimate of drug-likeness (QED) is 0.704. The van der Waals surface area contributed by atoms with Crippen LogP contribution in [0.1, 0.15) is 6.92 Å². The summed E-state index contributed by atoms with van der Waals surface area (Å²) in [6, 6.07) is 0. The van der Waals surface area contributed by atoms with Gasteiger partial charge in [0.05, 0.1) is 6.20 Å². The predicted molar refractivity (Wildman–Crippen MR) is 61.5 cm³/mol. The van der Waals surface area contributed by atoms with Gasteiger partial charge in [-0.25, -0.2) is 9.37 Å². The van der Waals surface area contributed by atoms with Crippen molar-refractivity contribution < 1.29 is 9.18 Å². The molecular weight excluding hydrogens is 247 g/mol. The fourth-order valence-electron chi connectivity index (χ4n) is 1.79. The molecule has 0 N–H and O–H groups in total. The van der Waals surface area contributed by atoms with E-state index in [2.05, 4.69) is 9.97 Å². The number of carbonyl (C=O) groups excluding carboxylic acids is 1. The summed E-state index contributed by atoms with van der Waals surface area (Å²) < 4.78 is 13.5. The highest BCUT2D eigenvalue weighted by atomic mass is 35.5. The van der Waals surface area contributed by atoms with Crippen LogP contribution in [0.25, 0.3) is 0 Å². The number of anilines is 1. The van der Waals surface area contributed by atoms with Crippen LogP contribution in [0.15, 0.2) is 6.20 Å². The zero-order chi connectivity index (χ0) is 12.4. The predicted octanol–water partition coefficient (Wildman–Crippen LogP) is 0.938. The molecule has 0 aliphatic carbocycles. The number of aromatic nitrogens is 2. The van der Waals surface area contributed by atoms with Gasteiger partial charge in [-0.3, -0.25) is 4.79 Å². The summed E-state index contributed by atoms with van der Waals surface area (Å²) in [5, 5.41) is 0.0235. The van der Waals surface area contributed by atoms with E-state index in [1.807, 2.05) is 0 Å². The lowest BCUT2D eigenvalue weighted by molar-refractivity contribution is -0.129. The average Bonchev–Trinajstić information content (AvgIpc) is 2.32. The Bertz CT molecular complexity index is 434. The van der Waals surface area contributed by atoms with E-state index in [4.69, 9.17) is 11.6 Å². The van der Waals surface area contributed by atoms with Crippen molar-refractivity contribution >= 4 is 23.3 Å². The van der Waals surface area contributed by atoms with Crippen LogP contribution >= 0.6 is 11.6 Å². The molecule has 0 bridgehead atoms. The second-order valence-corrected chi connectivity index (χ2v) is 4.14. The summed E-state index contributed by atoms with van der Waals surface area (Å²) in [6.07, 6.45) is 1.06. The van der Waals surface area contributed by atoms with Crippen molar-refractivity contribution in [3.63, 3.8) is 0 Å². The van der Waals surface area contributed by atoms with E-state index < -0.39 is 5.82 Å². The molecule has 1 aliphatic heterocycles. The van der Waals surface area contributed by atoms with Crippen molar-refractivity contribution in [2.24, 2.45) is 0 Å². The minimum Gasteiger partial charge on any atom is -0.350 e. The van der Waals surface area contributed by atoms with Gasteiger partial charge in [-0.15, -0.1) is 0 Å². The number of amides is 1. The number of nitrogens with zero attached hydrogens (tertiary/aromatic N) is 4. The summed E-state index contributed by atoms with van der Waals surface area (Å²) in [4.78, 5) is 22.1.